The maximum absolute atomic E-state index is 13.5. The highest BCUT2D eigenvalue weighted by Gasteiger charge is 2.15. The highest BCUT2D eigenvalue weighted by Crippen LogP contribution is 2.33. The Morgan fingerprint density at radius 1 is 1.11 bits per heavy atom. The first kappa shape index (κ1) is 17.1. The topological polar surface area (TPSA) is 59.4 Å². The van der Waals surface area contributed by atoms with Gasteiger partial charge in [0.15, 0.2) is 17.5 Å². The number of methoxy groups -OCH3 is 1. The van der Waals surface area contributed by atoms with Crippen LogP contribution in [0.3, 0.4) is 0 Å². The van der Waals surface area contributed by atoms with Gasteiger partial charge in [0.2, 0.25) is 0 Å². The summed E-state index contributed by atoms with van der Waals surface area (Å²) < 4.78 is 32.2. The van der Waals surface area contributed by atoms with Gasteiger partial charge in [-0.2, -0.15) is 0 Å². The van der Waals surface area contributed by atoms with Crippen LogP contribution in [-0.2, 0) is 6.54 Å². The van der Waals surface area contributed by atoms with E-state index in [2.05, 4.69) is 20.3 Å². The number of hydrogen-bond acceptors (Lipinski definition) is 5. The largest absolute Gasteiger partial charge is 0.495 e. The summed E-state index contributed by atoms with van der Waals surface area (Å²) >= 11 is 0. The molecule has 0 spiro atoms. The molecule has 27 heavy (non-hydrogen) atoms. The Morgan fingerprint density at radius 3 is 2.74 bits per heavy atom. The summed E-state index contributed by atoms with van der Waals surface area (Å²) in [6, 6.07) is 7.47. The Kier molecular flexibility index (Phi) is 4.27. The van der Waals surface area contributed by atoms with Crippen molar-refractivity contribution in [1.82, 2.24) is 9.97 Å². The van der Waals surface area contributed by atoms with Crippen molar-refractivity contribution in [1.29, 1.82) is 0 Å². The summed E-state index contributed by atoms with van der Waals surface area (Å²) in [4.78, 5) is 13.0. The van der Waals surface area contributed by atoms with Crippen LogP contribution in [0.15, 0.2) is 41.5 Å². The normalized spacial score (nSPS) is 12.1. The molecule has 2 heterocycles. The lowest BCUT2D eigenvalue weighted by Gasteiger charge is -2.14. The predicted octanol–water partition coefficient (Wildman–Crippen LogP) is 4.41. The van der Waals surface area contributed by atoms with Gasteiger partial charge in [-0.25, -0.2) is 18.7 Å². The van der Waals surface area contributed by atoms with Gasteiger partial charge in [-0.05, 0) is 48.4 Å². The summed E-state index contributed by atoms with van der Waals surface area (Å²) in [5.41, 5.74) is 4.05. The highest BCUT2D eigenvalue weighted by atomic mass is 19.2. The first-order valence-electron chi connectivity index (χ1n) is 8.32. The number of hydrogen-bond donors (Lipinski definition) is 1. The molecule has 0 unspecified atom stereocenters. The zero-order chi connectivity index (χ0) is 19.0. The molecule has 1 N–H and O–H groups in total. The molecule has 1 aromatic heterocycles. The zero-order valence-corrected chi connectivity index (χ0v) is 14.8. The van der Waals surface area contributed by atoms with Crippen LogP contribution in [0.2, 0.25) is 0 Å². The van der Waals surface area contributed by atoms with E-state index in [0.717, 1.165) is 34.5 Å². The number of fused-ring (bicyclic) bond motifs is 1. The van der Waals surface area contributed by atoms with E-state index < -0.39 is 11.6 Å². The Balaban J connectivity index is 1.72. The quantitative estimate of drug-likeness (QED) is 0.743. The summed E-state index contributed by atoms with van der Waals surface area (Å²) in [7, 11) is 1.60. The molecule has 0 amide bonds. The van der Waals surface area contributed by atoms with Crippen LogP contribution in [0, 0.1) is 18.6 Å². The first-order valence-corrected chi connectivity index (χ1v) is 8.32. The van der Waals surface area contributed by atoms with E-state index in [0.29, 0.717) is 29.5 Å². The van der Waals surface area contributed by atoms with E-state index in [1.54, 1.807) is 13.3 Å². The van der Waals surface area contributed by atoms with Gasteiger partial charge >= 0.3 is 0 Å². The molecule has 2 aromatic carbocycles. The molecule has 0 radical (unpaired) electrons. The van der Waals surface area contributed by atoms with E-state index in [-0.39, 0.29) is 0 Å². The van der Waals surface area contributed by atoms with Crippen molar-refractivity contribution >= 4 is 17.7 Å². The standard InChI is InChI=1S/C20H16F2N4O/c1-11-8-24-20(12-3-4-15(21)16(22)5-12)26-19(11)25-17-6-13-9-23-10-14(13)7-18(17)27-2/h3-9H,10H2,1-2H3,(H,24,25,26). The summed E-state index contributed by atoms with van der Waals surface area (Å²) in [6.45, 7) is 2.50. The third-order valence-electron chi connectivity index (χ3n) is 4.36. The minimum Gasteiger partial charge on any atom is -0.495 e. The fourth-order valence-corrected chi connectivity index (χ4v) is 2.88. The maximum Gasteiger partial charge on any atom is 0.161 e. The lowest BCUT2D eigenvalue weighted by atomic mass is 10.1. The number of benzene rings is 2. The molecular formula is C20H16F2N4O. The van der Waals surface area contributed by atoms with Gasteiger partial charge in [-0.1, -0.05) is 0 Å². The molecule has 7 heteroatoms. The lowest BCUT2D eigenvalue weighted by Crippen LogP contribution is -2.03. The molecule has 0 aliphatic carbocycles. The number of aromatic nitrogens is 2. The number of aryl methyl sites for hydroxylation is 1. The second-order valence-corrected chi connectivity index (χ2v) is 6.20. The lowest BCUT2D eigenvalue weighted by molar-refractivity contribution is 0.416. The average Bonchev–Trinajstić information content (AvgIpc) is 3.12. The van der Waals surface area contributed by atoms with Crippen LogP contribution in [0.25, 0.3) is 11.4 Å². The van der Waals surface area contributed by atoms with E-state index in [1.807, 2.05) is 25.3 Å². The van der Waals surface area contributed by atoms with Crippen LogP contribution in [0.4, 0.5) is 20.3 Å². The Bertz CT molecular complexity index is 1070. The molecule has 0 atom stereocenters. The van der Waals surface area contributed by atoms with Gasteiger partial charge in [0.25, 0.3) is 0 Å². The van der Waals surface area contributed by atoms with Gasteiger partial charge in [0, 0.05) is 23.5 Å². The molecule has 5 nitrogen and oxygen atoms in total. The number of anilines is 2. The highest BCUT2D eigenvalue weighted by molar-refractivity contribution is 5.88. The van der Waals surface area contributed by atoms with E-state index in [1.165, 1.54) is 6.07 Å². The molecule has 0 saturated carbocycles. The number of ether oxygens (including phenoxy) is 1. The third-order valence-corrected chi connectivity index (χ3v) is 4.36. The third kappa shape index (κ3) is 3.23. The van der Waals surface area contributed by atoms with Crippen molar-refractivity contribution in [2.45, 2.75) is 13.5 Å². The SMILES string of the molecule is COc1cc2c(cc1Nc1nc(-c3ccc(F)c(F)c3)ncc1C)C=NC2. The van der Waals surface area contributed by atoms with Crippen LogP contribution >= 0.6 is 0 Å². The van der Waals surface area contributed by atoms with Gasteiger partial charge in [0.1, 0.15) is 11.6 Å². The van der Waals surface area contributed by atoms with Crippen molar-refractivity contribution < 1.29 is 13.5 Å². The predicted molar refractivity (Wildman–Crippen MR) is 99.7 cm³/mol. The zero-order valence-electron chi connectivity index (χ0n) is 14.8. The van der Waals surface area contributed by atoms with Crippen LogP contribution in [0.1, 0.15) is 16.7 Å². The molecule has 0 bridgehead atoms. The summed E-state index contributed by atoms with van der Waals surface area (Å²) in [5.74, 6) is -0.326. The Morgan fingerprint density at radius 2 is 1.96 bits per heavy atom. The first-order chi connectivity index (χ1) is 13.0. The van der Waals surface area contributed by atoms with Crippen molar-refractivity contribution in [2.24, 2.45) is 4.99 Å². The Labute approximate surface area is 154 Å². The summed E-state index contributed by atoms with van der Waals surface area (Å²) in [5, 5.41) is 3.25. The molecule has 3 aromatic rings. The molecule has 0 saturated heterocycles. The van der Waals surface area contributed by atoms with Gasteiger partial charge < -0.3 is 10.1 Å². The minimum absolute atomic E-state index is 0.295. The van der Waals surface area contributed by atoms with Crippen molar-refractivity contribution in [3.8, 4) is 17.1 Å². The Hall–Kier alpha value is -3.35. The fraction of sp³-hybridized carbons (Fsp3) is 0.150. The minimum atomic E-state index is -0.939. The number of aliphatic imine (C=N–C) groups is 1. The smallest absolute Gasteiger partial charge is 0.161 e. The second kappa shape index (κ2) is 6.75. The number of nitrogens with zero attached hydrogens (tertiary/aromatic N) is 3. The molecule has 1 aliphatic heterocycles. The van der Waals surface area contributed by atoms with Crippen LogP contribution in [-0.4, -0.2) is 23.3 Å². The van der Waals surface area contributed by atoms with Crippen molar-refractivity contribution in [3.05, 3.63) is 64.9 Å². The molecular weight excluding hydrogens is 350 g/mol. The summed E-state index contributed by atoms with van der Waals surface area (Å²) in [6.07, 6.45) is 3.45. The number of halogens is 2. The van der Waals surface area contributed by atoms with Crippen molar-refractivity contribution in [2.75, 3.05) is 12.4 Å². The molecule has 0 fully saturated rings. The van der Waals surface area contributed by atoms with Crippen molar-refractivity contribution in [3.63, 3.8) is 0 Å². The van der Waals surface area contributed by atoms with E-state index in [9.17, 15) is 8.78 Å². The number of nitrogens with one attached hydrogen (secondary N) is 1. The molecule has 136 valence electrons. The molecule has 1 aliphatic rings. The number of rotatable bonds is 4. The van der Waals surface area contributed by atoms with Gasteiger partial charge in [0.05, 0.1) is 19.3 Å². The molecule has 4 rings (SSSR count). The average molecular weight is 366 g/mol. The maximum atomic E-state index is 13.5. The van der Waals surface area contributed by atoms with Crippen LogP contribution < -0.4 is 10.1 Å². The van der Waals surface area contributed by atoms with Gasteiger partial charge in [-0.3, -0.25) is 4.99 Å². The van der Waals surface area contributed by atoms with Crippen LogP contribution in [0.5, 0.6) is 5.75 Å². The monoisotopic (exact) mass is 366 g/mol. The van der Waals surface area contributed by atoms with E-state index in [4.69, 9.17) is 4.74 Å². The second-order valence-electron chi connectivity index (χ2n) is 6.20. The van der Waals surface area contributed by atoms with Gasteiger partial charge in [-0.15, -0.1) is 0 Å². The fourth-order valence-electron chi connectivity index (χ4n) is 2.88. The van der Waals surface area contributed by atoms with E-state index >= 15 is 0 Å².